The number of amides is 3. The summed E-state index contributed by atoms with van der Waals surface area (Å²) in [4.78, 5) is 25.2. The third kappa shape index (κ3) is 2.16. The highest BCUT2D eigenvalue weighted by atomic mass is 19.4. The summed E-state index contributed by atoms with van der Waals surface area (Å²) in [7, 11) is 0. The molecule has 1 aromatic rings. The lowest BCUT2D eigenvalue weighted by molar-refractivity contribution is -0.137. The fourth-order valence-electron chi connectivity index (χ4n) is 2.65. The van der Waals surface area contributed by atoms with Crippen LogP contribution in [-0.4, -0.2) is 17.5 Å². The largest absolute Gasteiger partial charge is 0.416 e. The topological polar surface area (TPSA) is 49.4 Å². The van der Waals surface area contributed by atoms with Crippen LogP contribution in [-0.2, 0) is 11.0 Å². The zero-order chi connectivity index (χ0) is 15.4. The van der Waals surface area contributed by atoms with Gasteiger partial charge in [-0.25, -0.2) is 9.69 Å². The van der Waals surface area contributed by atoms with E-state index in [0.717, 1.165) is 29.9 Å². The first-order valence-electron chi connectivity index (χ1n) is 6.57. The Morgan fingerprint density at radius 3 is 2.52 bits per heavy atom. The average Bonchev–Trinajstić information content (AvgIpc) is 3.19. The van der Waals surface area contributed by atoms with Crippen LogP contribution in [0.5, 0.6) is 0 Å². The van der Waals surface area contributed by atoms with E-state index in [0.29, 0.717) is 0 Å². The van der Waals surface area contributed by atoms with E-state index in [1.807, 2.05) is 0 Å². The Morgan fingerprint density at radius 1 is 1.29 bits per heavy atom. The van der Waals surface area contributed by atoms with Crippen molar-refractivity contribution in [1.29, 1.82) is 0 Å². The molecule has 112 valence electrons. The predicted octanol–water partition coefficient (Wildman–Crippen LogP) is 2.93. The molecule has 1 aromatic carbocycles. The lowest BCUT2D eigenvalue weighted by Gasteiger charge is -2.21. The first-order chi connectivity index (χ1) is 9.73. The van der Waals surface area contributed by atoms with Gasteiger partial charge in [-0.05, 0) is 43.9 Å². The molecule has 3 rings (SSSR count). The van der Waals surface area contributed by atoms with Crippen LogP contribution in [0.25, 0.3) is 0 Å². The van der Waals surface area contributed by atoms with Crippen LogP contribution in [0.15, 0.2) is 24.3 Å². The van der Waals surface area contributed by atoms with Crippen molar-refractivity contribution in [2.24, 2.45) is 5.92 Å². The summed E-state index contributed by atoms with van der Waals surface area (Å²) in [6.45, 7) is 1.62. The third-order valence-electron chi connectivity index (χ3n) is 4.04. The van der Waals surface area contributed by atoms with E-state index >= 15 is 0 Å². The van der Waals surface area contributed by atoms with Crippen LogP contribution >= 0.6 is 0 Å². The van der Waals surface area contributed by atoms with Gasteiger partial charge in [0.25, 0.3) is 5.91 Å². The van der Waals surface area contributed by atoms with Crippen molar-refractivity contribution in [1.82, 2.24) is 5.32 Å². The van der Waals surface area contributed by atoms with Gasteiger partial charge in [-0.1, -0.05) is 6.07 Å². The van der Waals surface area contributed by atoms with Gasteiger partial charge in [-0.15, -0.1) is 0 Å². The second kappa shape index (κ2) is 4.22. The number of hydrogen-bond donors (Lipinski definition) is 1. The van der Waals surface area contributed by atoms with E-state index in [1.165, 1.54) is 12.1 Å². The number of anilines is 1. The van der Waals surface area contributed by atoms with Crippen LogP contribution in [0.1, 0.15) is 25.3 Å². The summed E-state index contributed by atoms with van der Waals surface area (Å²) in [6.07, 6.45) is -2.85. The SMILES string of the molecule is CC1(C2CC2)NC(=O)N(c2cccc(C(F)(F)F)c2)C1=O. The Balaban J connectivity index is 1.97. The summed E-state index contributed by atoms with van der Waals surface area (Å²) in [6, 6.07) is 3.56. The van der Waals surface area contributed by atoms with Crippen molar-refractivity contribution in [3.05, 3.63) is 29.8 Å². The minimum atomic E-state index is -4.52. The fraction of sp³-hybridized carbons (Fsp3) is 0.429. The van der Waals surface area contributed by atoms with Gasteiger partial charge in [0, 0.05) is 0 Å². The van der Waals surface area contributed by atoms with Gasteiger partial charge in [-0.2, -0.15) is 13.2 Å². The van der Waals surface area contributed by atoms with E-state index in [9.17, 15) is 22.8 Å². The highest BCUT2D eigenvalue weighted by molar-refractivity contribution is 6.23. The Labute approximate surface area is 118 Å². The second-order valence-corrected chi connectivity index (χ2v) is 5.60. The van der Waals surface area contributed by atoms with Gasteiger partial charge in [0.05, 0.1) is 11.3 Å². The van der Waals surface area contributed by atoms with Gasteiger partial charge in [0.1, 0.15) is 5.54 Å². The molecular formula is C14H13F3N2O2. The monoisotopic (exact) mass is 298 g/mol. The maximum absolute atomic E-state index is 12.7. The van der Waals surface area contributed by atoms with Gasteiger partial charge in [0.15, 0.2) is 0 Å². The van der Waals surface area contributed by atoms with Crippen molar-refractivity contribution in [2.75, 3.05) is 4.90 Å². The summed E-state index contributed by atoms with van der Waals surface area (Å²) in [5, 5.41) is 2.60. The number of imide groups is 1. The molecule has 1 saturated carbocycles. The van der Waals surface area contributed by atoms with Crippen LogP contribution in [0.2, 0.25) is 0 Å². The molecule has 1 atom stereocenters. The van der Waals surface area contributed by atoms with Crippen LogP contribution < -0.4 is 10.2 Å². The van der Waals surface area contributed by atoms with Gasteiger partial charge < -0.3 is 5.32 Å². The third-order valence-corrected chi connectivity index (χ3v) is 4.04. The highest BCUT2D eigenvalue weighted by Crippen LogP contribution is 2.43. The maximum atomic E-state index is 12.7. The smallest absolute Gasteiger partial charge is 0.323 e. The molecule has 0 aromatic heterocycles. The van der Waals surface area contributed by atoms with Gasteiger partial charge >= 0.3 is 12.2 Å². The van der Waals surface area contributed by atoms with E-state index in [2.05, 4.69) is 5.32 Å². The first-order valence-corrected chi connectivity index (χ1v) is 6.57. The Morgan fingerprint density at radius 2 is 1.95 bits per heavy atom. The minimum Gasteiger partial charge on any atom is -0.323 e. The molecule has 21 heavy (non-hydrogen) atoms. The number of urea groups is 1. The van der Waals surface area contributed by atoms with Gasteiger partial charge in [-0.3, -0.25) is 4.79 Å². The number of rotatable bonds is 2. The minimum absolute atomic E-state index is 0.0586. The molecule has 1 unspecified atom stereocenters. The van der Waals surface area contributed by atoms with Crippen molar-refractivity contribution in [2.45, 2.75) is 31.5 Å². The Hall–Kier alpha value is -2.05. The lowest BCUT2D eigenvalue weighted by Crippen LogP contribution is -2.46. The van der Waals surface area contributed by atoms with Crippen molar-refractivity contribution in [3.8, 4) is 0 Å². The molecule has 1 heterocycles. The molecule has 1 aliphatic heterocycles. The summed E-state index contributed by atoms with van der Waals surface area (Å²) in [5.74, 6) is -0.431. The zero-order valence-corrected chi connectivity index (χ0v) is 11.2. The second-order valence-electron chi connectivity index (χ2n) is 5.60. The summed E-state index contributed by atoms with van der Waals surface area (Å²) < 4.78 is 38.2. The molecule has 1 saturated heterocycles. The van der Waals surface area contributed by atoms with Gasteiger partial charge in [0.2, 0.25) is 0 Å². The van der Waals surface area contributed by atoms with Crippen LogP contribution in [0, 0.1) is 5.92 Å². The van der Waals surface area contributed by atoms with Crippen molar-refractivity contribution < 1.29 is 22.8 Å². The lowest BCUT2D eigenvalue weighted by atomic mass is 9.96. The molecule has 0 bridgehead atoms. The average molecular weight is 298 g/mol. The summed E-state index contributed by atoms with van der Waals surface area (Å²) in [5.41, 5.74) is -1.96. The summed E-state index contributed by atoms with van der Waals surface area (Å²) >= 11 is 0. The number of hydrogen-bond acceptors (Lipinski definition) is 2. The molecular weight excluding hydrogens is 285 g/mol. The fourth-order valence-corrected chi connectivity index (χ4v) is 2.65. The number of carbonyl (C=O) groups excluding carboxylic acids is 2. The first kappa shape index (κ1) is 13.9. The number of alkyl halides is 3. The van der Waals surface area contributed by atoms with Crippen molar-refractivity contribution >= 4 is 17.6 Å². The quantitative estimate of drug-likeness (QED) is 0.853. The Bertz CT molecular complexity index is 625. The molecule has 3 amide bonds. The van der Waals surface area contributed by atoms with Crippen LogP contribution in [0.4, 0.5) is 23.7 Å². The van der Waals surface area contributed by atoms with E-state index in [1.54, 1.807) is 6.92 Å². The number of carbonyl (C=O) groups is 2. The molecule has 7 heteroatoms. The molecule has 0 radical (unpaired) electrons. The molecule has 4 nitrogen and oxygen atoms in total. The van der Waals surface area contributed by atoms with E-state index in [-0.39, 0.29) is 11.6 Å². The molecule has 2 fully saturated rings. The maximum Gasteiger partial charge on any atom is 0.416 e. The molecule has 2 aliphatic rings. The molecule has 1 aliphatic carbocycles. The van der Waals surface area contributed by atoms with E-state index < -0.39 is 29.2 Å². The van der Waals surface area contributed by atoms with E-state index in [4.69, 9.17) is 0 Å². The highest BCUT2D eigenvalue weighted by Gasteiger charge is 2.56. The number of nitrogens with zero attached hydrogens (tertiary/aromatic N) is 1. The standard InChI is InChI=1S/C14H13F3N2O2/c1-13(8-5-6-8)11(20)19(12(21)18-13)10-4-2-3-9(7-10)14(15,16)17/h2-4,7-8H,5-6H2,1H3,(H,18,21). The zero-order valence-electron chi connectivity index (χ0n) is 11.2. The normalized spacial score (nSPS) is 26.2. The number of nitrogens with one attached hydrogen (secondary N) is 1. The number of benzene rings is 1. The number of halogens is 3. The Kier molecular flexibility index (Phi) is 2.80. The van der Waals surface area contributed by atoms with Crippen molar-refractivity contribution in [3.63, 3.8) is 0 Å². The molecule has 0 spiro atoms. The van der Waals surface area contributed by atoms with Crippen LogP contribution in [0.3, 0.4) is 0 Å². The predicted molar refractivity (Wildman–Crippen MR) is 68.6 cm³/mol. The molecule has 1 N–H and O–H groups in total.